The maximum atomic E-state index is 14.5. The van der Waals surface area contributed by atoms with Gasteiger partial charge in [0.15, 0.2) is 0 Å². The third-order valence-electron chi connectivity index (χ3n) is 3.95. The number of halogens is 1. The van der Waals surface area contributed by atoms with Crippen LogP contribution in [0.2, 0.25) is 0 Å². The molecule has 0 aromatic heterocycles. The molecule has 1 saturated heterocycles. The first-order valence-corrected chi connectivity index (χ1v) is 6.42. The predicted octanol–water partition coefficient (Wildman–Crippen LogP) is 1.84. The number of carbonyl (C=O) groups excluding carboxylic acids is 1. The van der Waals surface area contributed by atoms with Gasteiger partial charge in [0.05, 0.1) is 0 Å². The summed E-state index contributed by atoms with van der Waals surface area (Å²) in [5.74, 6) is -0.104. The number of carbonyl (C=O) groups is 1. The highest BCUT2D eigenvalue weighted by Crippen LogP contribution is 2.38. The lowest BCUT2D eigenvalue weighted by Crippen LogP contribution is -2.47. The molecular weight excluding hydrogens is 231 g/mol. The van der Waals surface area contributed by atoms with E-state index in [0.29, 0.717) is 13.1 Å². The zero-order valence-corrected chi connectivity index (χ0v) is 10.4. The number of alkyl halides is 1. The predicted molar refractivity (Wildman–Crippen MR) is 68.5 cm³/mol. The molecule has 0 radical (unpaired) electrons. The Morgan fingerprint density at radius 2 is 2.28 bits per heavy atom. The molecule has 1 amide bonds. The van der Waals surface area contributed by atoms with Crippen LogP contribution in [0, 0.1) is 0 Å². The van der Waals surface area contributed by atoms with Gasteiger partial charge in [0, 0.05) is 31.1 Å². The SMILES string of the molecule is C[C@H]1CN(C(=O)[C@]2(F)CCNC2)c2ccccc21. The Labute approximate surface area is 106 Å². The molecule has 0 aliphatic carbocycles. The van der Waals surface area contributed by atoms with Gasteiger partial charge in [-0.2, -0.15) is 0 Å². The lowest BCUT2D eigenvalue weighted by molar-refractivity contribution is -0.128. The molecule has 1 fully saturated rings. The van der Waals surface area contributed by atoms with Crippen molar-refractivity contribution in [2.75, 3.05) is 24.5 Å². The van der Waals surface area contributed by atoms with Crippen molar-refractivity contribution >= 4 is 11.6 Å². The van der Waals surface area contributed by atoms with E-state index < -0.39 is 5.67 Å². The Morgan fingerprint density at radius 1 is 1.50 bits per heavy atom. The van der Waals surface area contributed by atoms with E-state index in [0.717, 1.165) is 11.3 Å². The monoisotopic (exact) mass is 248 g/mol. The number of nitrogens with zero attached hydrogens (tertiary/aromatic N) is 1. The summed E-state index contributed by atoms with van der Waals surface area (Å²) in [7, 11) is 0. The number of amides is 1. The van der Waals surface area contributed by atoms with Crippen molar-refractivity contribution in [3.63, 3.8) is 0 Å². The average molecular weight is 248 g/mol. The van der Waals surface area contributed by atoms with Crippen molar-refractivity contribution in [3.05, 3.63) is 29.8 Å². The highest BCUT2D eigenvalue weighted by molar-refractivity contribution is 6.01. The molecule has 0 bridgehead atoms. The van der Waals surface area contributed by atoms with Gasteiger partial charge in [0.1, 0.15) is 0 Å². The highest BCUT2D eigenvalue weighted by Gasteiger charge is 2.46. The molecule has 3 rings (SSSR count). The second kappa shape index (κ2) is 4.05. The Hall–Kier alpha value is -1.42. The molecule has 3 nitrogen and oxygen atoms in total. The molecule has 0 spiro atoms. The lowest BCUT2D eigenvalue weighted by Gasteiger charge is -2.25. The third kappa shape index (κ3) is 1.63. The van der Waals surface area contributed by atoms with E-state index in [1.807, 2.05) is 24.3 Å². The molecule has 2 atom stereocenters. The van der Waals surface area contributed by atoms with Crippen LogP contribution in [-0.2, 0) is 4.79 Å². The van der Waals surface area contributed by atoms with E-state index in [-0.39, 0.29) is 24.8 Å². The third-order valence-corrected chi connectivity index (χ3v) is 3.95. The largest absolute Gasteiger partial charge is 0.313 e. The van der Waals surface area contributed by atoms with E-state index >= 15 is 0 Å². The van der Waals surface area contributed by atoms with Gasteiger partial charge in [-0.1, -0.05) is 25.1 Å². The van der Waals surface area contributed by atoms with Crippen molar-refractivity contribution in [3.8, 4) is 0 Å². The molecule has 96 valence electrons. The fourth-order valence-electron chi connectivity index (χ4n) is 2.90. The number of anilines is 1. The zero-order valence-electron chi connectivity index (χ0n) is 10.4. The van der Waals surface area contributed by atoms with Crippen LogP contribution in [0.25, 0.3) is 0 Å². The Bertz CT molecular complexity index is 482. The van der Waals surface area contributed by atoms with Crippen molar-refractivity contribution in [1.82, 2.24) is 5.32 Å². The summed E-state index contributed by atoms with van der Waals surface area (Å²) in [5, 5.41) is 2.93. The maximum Gasteiger partial charge on any atom is 0.266 e. The molecule has 18 heavy (non-hydrogen) atoms. The minimum Gasteiger partial charge on any atom is -0.313 e. The maximum absolute atomic E-state index is 14.5. The van der Waals surface area contributed by atoms with E-state index in [1.54, 1.807) is 4.90 Å². The minimum absolute atomic E-state index is 0.138. The lowest BCUT2D eigenvalue weighted by atomic mass is 10.0. The first-order chi connectivity index (χ1) is 8.62. The van der Waals surface area contributed by atoms with E-state index in [4.69, 9.17) is 0 Å². The van der Waals surface area contributed by atoms with E-state index in [9.17, 15) is 9.18 Å². The first kappa shape index (κ1) is 11.7. The van der Waals surface area contributed by atoms with Gasteiger partial charge < -0.3 is 10.2 Å². The van der Waals surface area contributed by atoms with Crippen molar-refractivity contribution in [2.45, 2.75) is 24.9 Å². The Balaban J connectivity index is 1.93. The van der Waals surface area contributed by atoms with Crippen molar-refractivity contribution in [2.24, 2.45) is 0 Å². The molecule has 0 saturated carbocycles. The summed E-state index contributed by atoms with van der Waals surface area (Å²) in [6.45, 7) is 3.37. The van der Waals surface area contributed by atoms with Gasteiger partial charge in [-0.3, -0.25) is 4.79 Å². The second-order valence-corrected chi connectivity index (χ2v) is 5.27. The highest BCUT2D eigenvalue weighted by atomic mass is 19.1. The molecule has 2 aliphatic rings. The molecule has 1 N–H and O–H groups in total. The molecule has 2 aliphatic heterocycles. The number of hydrogen-bond acceptors (Lipinski definition) is 2. The molecule has 1 aromatic carbocycles. The van der Waals surface area contributed by atoms with Crippen LogP contribution in [0.1, 0.15) is 24.8 Å². The van der Waals surface area contributed by atoms with Gasteiger partial charge >= 0.3 is 0 Å². The summed E-state index contributed by atoms with van der Waals surface area (Å²) in [6.07, 6.45) is 0.277. The summed E-state index contributed by atoms with van der Waals surface area (Å²) in [4.78, 5) is 14.0. The topological polar surface area (TPSA) is 32.3 Å². The van der Waals surface area contributed by atoms with E-state index in [2.05, 4.69) is 12.2 Å². The van der Waals surface area contributed by atoms with Crippen LogP contribution in [0.3, 0.4) is 0 Å². The van der Waals surface area contributed by atoms with Gasteiger partial charge in [0.2, 0.25) is 5.67 Å². The summed E-state index contributed by atoms with van der Waals surface area (Å²) in [5.41, 5.74) is 0.288. The number of benzene rings is 1. The fraction of sp³-hybridized carbons (Fsp3) is 0.500. The number of fused-ring (bicyclic) bond motifs is 1. The summed E-state index contributed by atoms with van der Waals surface area (Å²) >= 11 is 0. The molecule has 4 heteroatoms. The fourth-order valence-corrected chi connectivity index (χ4v) is 2.90. The number of nitrogens with one attached hydrogen (secondary N) is 1. The first-order valence-electron chi connectivity index (χ1n) is 6.42. The van der Waals surface area contributed by atoms with Gasteiger partial charge in [-0.05, 0) is 18.2 Å². The molecule has 2 heterocycles. The van der Waals surface area contributed by atoms with Gasteiger partial charge in [0.25, 0.3) is 5.91 Å². The van der Waals surface area contributed by atoms with Crippen LogP contribution in [-0.4, -0.2) is 31.2 Å². The van der Waals surface area contributed by atoms with Gasteiger partial charge in [-0.15, -0.1) is 0 Å². The smallest absolute Gasteiger partial charge is 0.266 e. The summed E-state index contributed by atoms with van der Waals surface area (Å²) < 4.78 is 14.5. The van der Waals surface area contributed by atoms with Crippen LogP contribution in [0.4, 0.5) is 10.1 Å². The molecular formula is C14H17FN2O. The van der Waals surface area contributed by atoms with Crippen molar-refractivity contribution < 1.29 is 9.18 Å². The molecule has 1 aromatic rings. The minimum atomic E-state index is -1.73. The quantitative estimate of drug-likeness (QED) is 0.822. The Kier molecular flexibility index (Phi) is 2.63. The van der Waals surface area contributed by atoms with Crippen LogP contribution in [0.15, 0.2) is 24.3 Å². The number of hydrogen-bond donors (Lipinski definition) is 1. The van der Waals surface area contributed by atoms with Gasteiger partial charge in [-0.25, -0.2) is 4.39 Å². The Morgan fingerprint density at radius 3 is 3.00 bits per heavy atom. The second-order valence-electron chi connectivity index (χ2n) is 5.27. The molecule has 0 unspecified atom stereocenters. The zero-order chi connectivity index (χ0) is 12.8. The van der Waals surface area contributed by atoms with Crippen molar-refractivity contribution in [1.29, 1.82) is 0 Å². The number of para-hydroxylation sites is 1. The average Bonchev–Trinajstić information content (AvgIpc) is 2.95. The van der Waals surface area contributed by atoms with Crippen LogP contribution < -0.4 is 10.2 Å². The van der Waals surface area contributed by atoms with Crippen LogP contribution >= 0.6 is 0 Å². The normalized spacial score (nSPS) is 30.6. The van der Waals surface area contributed by atoms with Crippen LogP contribution in [0.5, 0.6) is 0 Å². The standard InChI is InChI=1S/C14H17FN2O/c1-10-8-17(12-5-3-2-4-11(10)12)13(18)14(15)6-7-16-9-14/h2-5,10,16H,6-9H2,1H3/t10-,14-/m0/s1. The summed E-state index contributed by atoms with van der Waals surface area (Å²) in [6, 6.07) is 7.79. The number of rotatable bonds is 1. The van der Waals surface area contributed by atoms with E-state index in [1.165, 1.54) is 0 Å².